The molecule has 0 saturated heterocycles. The van der Waals surface area contributed by atoms with Gasteiger partial charge in [0.1, 0.15) is 6.04 Å². The predicted molar refractivity (Wildman–Crippen MR) is 82.2 cm³/mol. The Morgan fingerprint density at radius 3 is 2.40 bits per heavy atom. The molecule has 0 unspecified atom stereocenters. The van der Waals surface area contributed by atoms with Crippen LogP contribution < -0.4 is 10.6 Å². The molecule has 1 aromatic rings. The highest BCUT2D eigenvalue weighted by atomic mass is 79.9. The monoisotopic (exact) mass is 362 g/mol. The Bertz CT molecular complexity index is 529. The molecule has 0 spiro atoms. The summed E-state index contributed by atoms with van der Waals surface area (Å²) in [7, 11) is 0. The van der Waals surface area contributed by atoms with Crippen molar-refractivity contribution in [2.24, 2.45) is 5.41 Å². The number of carboxylic acids is 1. The van der Waals surface area contributed by atoms with Gasteiger partial charge >= 0.3 is 12.0 Å². The molecule has 110 valence electrons. The third-order valence-corrected chi connectivity index (χ3v) is 3.78. The van der Waals surface area contributed by atoms with Crippen LogP contribution in [0.25, 0.3) is 0 Å². The first-order valence-corrected chi connectivity index (χ1v) is 7.03. The third kappa shape index (κ3) is 4.68. The normalized spacial score (nSPS) is 12.7. The molecule has 0 aliphatic rings. The van der Waals surface area contributed by atoms with E-state index < -0.39 is 23.5 Å². The summed E-state index contributed by atoms with van der Waals surface area (Å²) < 4.78 is 0.641. The lowest BCUT2D eigenvalue weighted by atomic mass is 9.87. The minimum atomic E-state index is -1.08. The van der Waals surface area contributed by atoms with Crippen LogP contribution >= 0.6 is 27.5 Å². The van der Waals surface area contributed by atoms with Crippen molar-refractivity contribution in [2.75, 3.05) is 5.32 Å². The van der Waals surface area contributed by atoms with Crippen LogP contribution in [0.1, 0.15) is 20.8 Å². The molecule has 1 rings (SSSR count). The maximum absolute atomic E-state index is 11.8. The van der Waals surface area contributed by atoms with E-state index in [1.165, 1.54) is 0 Å². The number of carboxylic acid groups (broad SMARTS) is 1. The summed E-state index contributed by atoms with van der Waals surface area (Å²) in [6.07, 6.45) is 0. The molecule has 0 aliphatic carbocycles. The Kier molecular flexibility index (Phi) is 5.42. The summed E-state index contributed by atoms with van der Waals surface area (Å²) >= 11 is 9.09. The van der Waals surface area contributed by atoms with Gasteiger partial charge in [-0.3, -0.25) is 0 Å². The van der Waals surface area contributed by atoms with E-state index in [1.807, 2.05) is 0 Å². The minimum absolute atomic E-state index is 0.511. The van der Waals surface area contributed by atoms with Gasteiger partial charge in [0, 0.05) is 10.2 Å². The Morgan fingerprint density at radius 2 is 1.95 bits per heavy atom. The van der Waals surface area contributed by atoms with E-state index in [-0.39, 0.29) is 0 Å². The molecule has 20 heavy (non-hydrogen) atoms. The molecule has 0 radical (unpaired) electrons. The number of anilines is 1. The van der Waals surface area contributed by atoms with E-state index in [4.69, 9.17) is 16.7 Å². The maximum atomic E-state index is 11.8. The zero-order valence-electron chi connectivity index (χ0n) is 11.3. The van der Waals surface area contributed by atoms with Crippen LogP contribution in [0.2, 0.25) is 5.02 Å². The molecule has 0 saturated carbocycles. The van der Waals surface area contributed by atoms with Crippen LogP contribution in [0.5, 0.6) is 0 Å². The van der Waals surface area contributed by atoms with Crippen molar-refractivity contribution in [3.63, 3.8) is 0 Å². The van der Waals surface area contributed by atoms with Crippen molar-refractivity contribution < 1.29 is 14.7 Å². The topological polar surface area (TPSA) is 78.4 Å². The van der Waals surface area contributed by atoms with E-state index in [0.717, 1.165) is 0 Å². The first-order chi connectivity index (χ1) is 9.11. The van der Waals surface area contributed by atoms with Crippen LogP contribution in [0.15, 0.2) is 22.7 Å². The van der Waals surface area contributed by atoms with E-state index in [1.54, 1.807) is 39.0 Å². The largest absolute Gasteiger partial charge is 0.480 e. The number of hydrogen-bond donors (Lipinski definition) is 3. The average molecular weight is 364 g/mol. The molecular weight excluding hydrogens is 348 g/mol. The number of nitrogens with one attached hydrogen (secondary N) is 2. The highest BCUT2D eigenvalue weighted by Gasteiger charge is 2.32. The van der Waals surface area contributed by atoms with Gasteiger partial charge in [0.2, 0.25) is 0 Å². The fourth-order valence-electron chi connectivity index (χ4n) is 1.52. The number of urea groups is 1. The second-order valence-corrected chi connectivity index (χ2v) is 6.63. The second-order valence-electron chi connectivity index (χ2n) is 5.36. The molecule has 1 atom stereocenters. The standard InChI is InChI=1S/C13H16BrClN2O3/c1-13(2,3)10(11(18)19)17-12(20)16-7-4-5-9(15)8(14)6-7/h4-6,10H,1-3H3,(H,18,19)(H2,16,17,20)/t10-/m1/s1. The fourth-order valence-corrected chi connectivity index (χ4v) is 2.02. The predicted octanol–water partition coefficient (Wildman–Crippen LogP) is 3.72. The number of carbonyl (C=O) groups is 2. The number of benzene rings is 1. The molecule has 3 N–H and O–H groups in total. The van der Waals surface area contributed by atoms with Gasteiger partial charge in [-0.15, -0.1) is 0 Å². The van der Waals surface area contributed by atoms with Crippen molar-refractivity contribution in [3.8, 4) is 0 Å². The van der Waals surface area contributed by atoms with Gasteiger partial charge in [0.15, 0.2) is 0 Å². The van der Waals surface area contributed by atoms with Gasteiger partial charge in [0.05, 0.1) is 5.02 Å². The molecule has 0 aliphatic heterocycles. The number of carbonyl (C=O) groups excluding carboxylic acids is 1. The first-order valence-electron chi connectivity index (χ1n) is 5.86. The summed E-state index contributed by atoms with van der Waals surface area (Å²) in [4.78, 5) is 23.0. The lowest BCUT2D eigenvalue weighted by Crippen LogP contribution is -2.50. The number of rotatable bonds is 3. The zero-order chi connectivity index (χ0) is 15.5. The zero-order valence-corrected chi connectivity index (χ0v) is 13.7. The number of halogens is 2. The summed E-state index contributed by atoms with van der Waals surface area (Å²) in [5.41, 5.74) is -0.0826. The van der Waals surface area contributed by atoms with E-state index in [9.17, 15) is 9.59 Å². The Morgan fingerprint density at radius 1 is 1.35 bits per heavy atom. The fraction of sp³-hybridized carbons (Fsp3) is 0.385. The van der Waals surface area contributed by atoms with Gasteiger partial charge in [-0.25, -0.2) is 9.59 Å². The van der Waals surface area contributed by atoms with Gasteiger partial charge in [-0.2, -0.15) is 0 Å². The van der Waals surface area contributed by atoms with Crippen molar-refractivity contribution in [1.29, 1.82) is 0 Å². The quantitative estimate of drug-likeness (QED) is 0.766. The highest BCUT2D eigenvalue weighted by molar-refractivity contribution is 9.10. The van der Waals surface area contributed by atoms with Gasteiger partial charge in [-0.1, -0.05) is 32.4 Å². The van der Waals surface area contributed by atoms with Crippen LogP contribution in [0.3, 0.4) is 0 Å². The van der Waals surface area contributed by atoms with Crippen molar-refractivity contribution in [2.45, 2.75) is 26.8 Å². The lowest BCUT2D eigenvalue weighted by molar-refractivity contribution is -0.141. The van der Waals surface area contributed by atoms with Gasteiger partial charge in [-0.05, 0) is 39.5 Å². The smallest absolute Gasteiger partial charge is 0.326 e. The van der Waals surface area contributed by atoms with Crippen molar-refractivity contribution >= 4 is 45.2 Å². The summed E-state index contributed by atoms with van der Waals surface area (Å²) in [6.45, 7) is 5.22. The Balaban J connectivity index is 2.76. The van der Waals surface area contributed by atoms with Crippen LogP contribution in [-0.2, 0) is 4.79 Å². The van der Waals surface area contributed by atoms with Crippen LogP contribution in [-0.4, -0.2) is 23.1 Å². The second kappa shape index (κ2) is 6.45. The number of amides is 2. The highest BCUT2D eigenvalue weighted by Crippen LogP contribution is 2.25. The van der Waals surface area contributed by atoms with Crippen molar-refractivity contribution in [3.05, 3.63) is 27.7 Å². The molecule has 0 heterocycles. The van der Waals surface area contributed by atoms with Crippen LogP contribution in [0.4, 0.5) is 10.5 Å². The molecule has 0 aromatic heterocycles. The van der Waals surface area contributed by atoms with Crippen LogP contribution in [0, 0.1) is 5.41 Å². The maximum Gasteiger partial charge on any atom is 0.326 e. The summed E-state index contributed by atoms with van der Waals surface area (Å²) in [5.74, 6) is -1.08. The van der Waals surface area contributed by atoms with E-state index in [0.29, 0.717) is 15.2 Å². The first kappa shape index (κ1) is 16.8. The molecule has 7 heteroatoms. The molecule has 5 nitrogen and oxygen atoms in total. The number of aliphatic carboxylic acids is 1. The Hall–Kier alpha value is -1.27. The van der Waals surface area contributed by atoms with E-state index in [2.05, 4.69) is 26.6 Å². The minimum Gasteiger partial charge on any atom is -0.480 e. The van der Waals surface area contributed by atoms with Crippen molar-refractivity contribution in [1.82, 2.24) is 5.32 Å². The Labute approximate surface area is 130 Å². The number of hydrogen-bond acceptors (Lipinski definition) is 2. The average Bonchev–Trinajstić information content (AvgIpc) is 2.29. The molecule has 2 amide bonds. The molecular formula is C13H16BrClN2O3. The SMILES string of the molecule is CC(C)(C)[C@H](NC(=O)Nc1ccc(Cl)c(Br)c1)C(=O)O. The van der Waals surface area contributed by atoms with E-state index >= 15 is 0 Å². The summed E-state index contributed by atoms with van der Waals surface area (Å²) in [6, 6.07) is 3.31. The summed E-state index contributed by atoms with van der Waals surface area (Å²) in [5, 5.41) is 14.7. The molecule has 0 bridgehead atoms. The van der Waals surface area contributed by atoms with Gasteiger partial charge in [0.25, 0.3) is 0 Å². The lowest BCUT2D eigenvalue weighted by Gasteiger charge is -2.27. The molecule has 0 fully saturated rings. The van der Waals surface area contributed by atoms with Gasteiger partial charge < -0.3 is 15.7 Å². The third-order valence-electron chi connectivity index (χ3n) is 2.57. The molecule has 1 aromatic carbocycles.